The van der Waals surface area contributed by atoms with E-state index in [1.54, 1.807) is 6.07 Å². The molecule has 3 aliphatic heterocycles. The summed E-state index contributed by atoms with van der Waals surface area (Å²) in [4.78, 5) is 46.5. The number of hydrogen-bond donors (Lipinski definition) is 1. The topological polar surface area (TPSA) is 66.5 Å². The highest BCUT2D eigenvalue weighted by Gasteiger charge is 2.70. The number of para-hydroxylation sites is 1. The summed E-state index contributed by atoms with van der Waals surface area (Å²) in [5.74, 6) is -1.45. The van der Waals surface area contributed by atoms with Crippen molar-refractivity contribution in [2.24, 2.45) is 5.92 Å². The lowest BCUT2D eigenvalue weighted by molar-refractivity contribution is -0.121. The summed E-state index contributed by atoms with van der Waals surface area (Å²) in [6.07, 6.45) is 2.10. The minimum atomic E-state index is -1.26. The van der Waals surface area contributed by atoms with Gasteiger partial charge in [0.1, 0.15) is 11.5 Å². The Hall–Kier alpha value is -3.81. The number of ketones is 2. The highest BCUT2D eigenvalue weighted by molar-refractivity contribution is 7.12. The van der Waals surface area contributed by atoms with Gasteiger partial charge < -0.3 is 10.2 Å². The Morgan fingerprint density at radius 1 is 0.895 bits per heavy atom. The van der Waals surface area contributed by atoms with Crippen molar-refractivity contribution >= 4 is 57.1 Å². The molecular weight excluding hydrogens is 512 g/mol. The van der Waals surface area contributed by atoms with Crippen molar-refractivity contribution in [3.63, 3.8) is 0 Å². The largest absolute Gasteiger partial charge is 0.352 e. The molecule has 4 atom stereocenters. The number of carbonyl (C=O) groups excluding carboxylic acids is 3. The molecule has 188 valence electrons. The number of carbonyl (C=O) groups is 3. The van der Waals surface area contributed by atoms with E-state index in [0.717, 1.165) is 28.0 Å². The van der Waals surface area contributed by atoms with Crippen molar-refractivity contribution in [3.05, 3.63) is 110 Å². The zero-order chi connectivity index (χ0) is 26.2. The van der Waals surface area contributed by atoms with Gasteiger partial charge >= 0.3 is 0 Å². The highest BCUT2D eigenvalue weighted by Crippen LogP contribution is 2.59. The van der Waals surface area contributed by atoms with Crippen molar-refractivity contribution in [1.29, 1.82) is 0 Å². The van der Waals surface area contributed by atoms with Crippen LogP contribution in [-0.4, -0.2) is 29.6 Å². The maximum absolute atomic E-state index is 14.5. The second-order valence-corrected chi connectivity index (χ2v) is 12.1. The Morgan fingerprint density at radius 2 is 1.61 bits per heavy atom. The summed E-state index contributed by atoms with van der Waals surface area (Å²) >= 11 is 2.72. The number of thiophene rings is 2. The molecule has 7 rings (SSSR count). The Bertz CT molecular complexity index is 1650. The molecule has 1 saturated heterocycles. The van der Waals surface area contributed by atoms with E-state index in [2.05, 4.69) is 22.4 Å². The summed E-state index contributed by atoms with van der Waals surface area (Å²) in [5.41, 5.74) is 4.26. The van der Waals surface area contributed by atoms with Crippen molar-refractivity contribution < 1.29 is 14.4 Å². The molecule has 1 amide bonds. The van der Waals surface area contributed by atoms with Crippen molar-refractivity contribution in [1.82, 2.24) is 0 Å². The molecule has 1 spiro atoms. The van der Waals surface area contributed by atoms with Gasteiger partial charge in [0.05, 0.1) is 21.7 Å². The fourth-order valence-electron chi connectivity index (χ4n) is 6.68. The second-order valence-electron chi connectivity index (χ2n) is 10.2. The molecular formula is C31H24N2O3S2. The Morgan fingerprint density at radius 3 is 2.32 bits per heavy atom. The number of nitrogens with one attached hydrogen (secondary N) is 1. The number of allylic oxidation sites excluding steroid dienone is 1. The van der Waals surface area contributed by atoms with Crippen molar-refractivity contribution in [2.45, 2.75) is 31.3 Å². The van der Waals surface area contributed by atoms with Gasteiger partial charge in [0.2, 0.25) is 5.91 Å². The van der Waals surface area contributed by atoms with Crippen LogP contribution >= 0.6 is 22.7 Å². The lowest BCUT2D eigenvalue weighted by Crippen LogP contribution is -2.51. The zero-order valence-corrected chi connectivity index (χ0v) is 22.4. The van der Waals surface area contributed by atoms with Crippen LogP contribution in [0, 0.1) is 12.8 Å². The third kappa shape index (κ3) is 3.00. The van der Waals surface area contributed by atoms with E-state index < -0.39 is 23.4 Å². The Balaban J connectivity index is 1.57. The van der Waals surface area contributed by atoms with Crippen LogP contribution in [0.2, 0.25) is 0 Å². The van der Waals surface area contributed by atoms with Crippen molar-refractivity contribution in [2.75, 3.05) is 10.2 Å². The summed E-state index contributed by atoms with van der Waals surface area (Å²) in [6.45, 7) is 4.09. The first-order chi connectivity index (χ1) is 18.4. The molecule has 2 aromatic carbocycles. The summed E-state index contributed by atoms with van der Waals surface area (Å²) in [7, 11) is 0. The summed E-state index contributed by atoms with van der Waals surface area (Å²) in [6, 6.07) is 19.7. The van der Waals surface area contributed by atoms with Crippen LogP contribution in [-0.2, 0) is 10.2 Å². The van der Waals surface area contributed by atoms with Crippen LogP contribution in [0.5, 0.6) is 0 Å². The van der Waals surface area contributed by atoms with Gasteiger partial charge in [0.15, 0.2) is 11.6 Å². The van der Waals surface area contributed by atoms with Gasteiger partial charge in [-0.1, -0.05) is 48.0 Å². The first-order valence-corrected chi connectivity index (χ1v) is 14.3. The summed E-state index contributed by atoms with van der Waals surface area (Å²) in [5, 5.41) is 6.82. The second kappa shape index (κ2) is 8.35. The van der Waals surface area contributed by atoms with Gasteiger partial charge in [-0.05, 0) is 66.1 Å². The Labute approximate surface area is 228 Å². The molecule has 7 heteroatoms. The maximum atomic E-state index is 14.5. The third-order valence-electron chi connectivity index (χ3n) is 8.21. The van der Waals surface area contributed by atoms with Crippen LogP contribution < -0.4 is 10.2 Å². The zero-order valence-electron chi connectivity index (χ0n) is 20.8. The smallest absolute Gasteiger partial charge is 0.238 e. The number of benzene rings is 2. The normalized spacial score (nSPS) is 25.0. The van der Waals surface area contributed by atoms with Crippen LogP contribution in [0.1, 0.15) is 43.0 Å². The number of hydrogen-bond acceptors (Lipinski definition) is 6. The van der Waals surface area contributed by atoms with Gasteiger partial charge in [-0.3, -0.25) is 14.4 Å². The number of anilines is 2. The first kappa shape index (κ1) is 23.3. The van der Waals surface area contributed by atoms with Gasteiger partial charge in [0, 0.05) is 16.9 Å². The van der Waals surface area contributed by atoms with Crippen LogP contribution in [0.4, 0.5) is 11.4 Å². The molecule has 2 aromatic heterocycles. The minimum absolute atomic E-state index is 0.131. The molecule has 0 bridgehead atoms. The Kier molecular flexibility index (Phi) is 5.12. The van der Waals surface area contributed by atoms with E-state index in [1.165, 1.54) is 22.7 Å². The number of nitrogens with zero attached hydrogens (tertiary/aromatic N) is 1. The molecule has 0 unspecified atom stereocenters. The first-order valence-electron chi connectivity index (χ1n) is 12.6. The molecule has 5 nitrogen and oxygen atoms in total. The average Bonchev–Trinajstić information content (AvgIpc) is 3.71. The number of Topliss-reactive ketones (excluding diaryl/α,β-unsaturated/α-hetero) is 2. The standard InChI is InChI=1S/C31H24N2O3S2/c1-17-11-12-22-19(15-17)18(2)16-25-31(20-7-3-4-8-21(20)32-30(31)36)26(28(34)23-9-5-13-37-23)27(33(22)25)29(35)24-10-6-14-38-24/h3-16,25-27H,1-2H3,(H,32,36)/t25-,26+,27-,31-/m0/s1. The maximum Gasteiger partial charge on any atom is 0.238 e. The molecule has 5 heterocycles. The molecule has 4 aromatic rings. The van der Waals surface area contributed by atoms with E-state index in [9.17, 15) is 14.4 Å². The fraction of sp³-hybridized carbons (Fsp3) is 0.194. The summed E-state index contributed by atoms with van der Waals surface area (Å²) < 4.78 is 0. The quantitative estimate of drug-likeness (QED) is 0.308. The van der Waals surface area contributed by atoms with E-state index >= 15 is 0 Å². The predicted molar refractivity (Wildman–Crippen MR) is 152 cm³/mol. The third-order valence-corrected chi connectivity index (χ3v) is 9.98. The van der Waals surface area contributed by atoms with Crippen LogP contribution in [0.3, 0.4) is 0 Å². The van der Waals surface area contributed by atoms with E-state index in [4.69, 9.17) is 0 Å². The molecule has 0 saturated carbocycles. The molecule has 1 N–H and O–H groups in total. The van der Waals surface area contributed by atoms with Gasteiger partial charge in [-0.25, -0.2) is 0 Å². The van der Waals surface area contributed by atoms with Crippen LogP contribution in [0.25, 0.3) is 5.57 Å². The average molecular weight is 537 g/mol. The molecule has 0 radical (unpaired) electrons. The molecule has 3 aliphatic rings. The van der Waals surface area contributed by atoms with E-state index in [1.807, 2.05) is 79.2 Å². The number of rotatable bonds is 4. The van der Waals surface area contributed by atoms with E-state index in [0.29, 0.717) is 15.4 Å². The van der Waals surface area contributed by atoms with Crippen molar-refractivity contribution in [3.8, 4) is 0 Å². The van der Waals surface area contributed by atoms with E-state index in [-0.39, 0.29) is 17.5 Å². The van der Waals surface area contributed by atoms with Gasteiger partial charge in [-0.2, -0.15) is 0 Å². The lowest BCUT2D eigenvalue weighted by Gasteiger charge is -2.39. The van der Waals surface area contributed by atoms with Crippen LogP contribution in [0.15, 0.2) is 83.6 Å². The van der Waals surface area contributed by atoms with Gasteiger partial charge in [-0.15, -0.1) is 22.7 Å². The number of amides is 1. The number of aryl methyl sites for hydroxylation is 1. The minimum Gasteiger partial charge on any atom is -0.352 e. The molecule has 0 aliphatic carbocycles. The molecule has 38 heavy (non-hydrogen) atoms. The van der Waals surface area contributed by atoms with Gasteiger partial charge in [0.25, 0.3) is 0 Å². The lowest BCUT2D eigenvalue weighted by atomic mass is 9.64. The predicted octanol–water partition coefficient (Wildman–Crippen LogP) is 6.36. The highest BCUT2D eigenvalue weighted by atomic mass is 32.1. The number of fused-ring (bicyclic) bond motifs is 6. The fourth-order valence-corrected chi connectivity index (χ4v) is 8.08. The SMILES string of the molecule is CC1=C[C@@H]2N(c3ccc(C)cc31)[C@H](C(=O)c1cccs1)[C@H](C(=O)c1cccs1)[C@@]21C(=O)Nc2ccccc21. The molecule has 1 fully saturated rings. The monoisotopic (exact) mass is 536 g/mol.